The van der Waals surface area contributed by atoms with E-state index in [1.807, 2.05) is 36.4 Å². The zero-order valence-corrected chi connectivity index (χ0v) is 12.7. The van der Waals surface area contributed by atoms with Gasteiger partial charge in [-0.3, -0.25) is 4.79 Å². The quantitative estimate of drug-likeness (QED) is 0.617. The van der Waals surface area contributed by atoms with E-state index in [4.69, 9.17) is 10.00 Å². The predicted octanol–water partition coefficient (Wildman–Crippen LogP) is 4.06. The molecule has 0 saturated carbocycles. The fraction of sp³-hybridized carbons (Fsp3) is 0.176. The molecule has 0 aliphatic rings. The fourth-order valence-electron chi connectivity index (χ4n) is 1.91. The van der Waals surface area contributed by atoms with Crippen LogP contribution in [0.5, 0.6) is 5.75 Å². The van der Waals surface area contributed by atoms with Crippen LogP contribution in [0.15, 0.2) is 47.4 Å². The first-order valence-electron chi connectivity index (χ1n) is 6.45. The molecule has 0 fully saturated rings. The van der Waals surface area contributed by atoms with Gasteiger partial charge in [-0.1, -0.05) is 12.1 Å². The van der Waals surface area contributed by atoms with Crippen LogP contribution in [0.25, 0.3) is 0 Å². The third-order valence-corrected chi connectivity index (χ3v) is 4.13. The van der Waals surface area contributed by atoms with Crippen molar-refractivity contribution in [3.8, 4) is 11.8 Å². The molecule has 0 saturated heterocycles. The second-order valence-corrected chi connectivity index (χ2v) is 5.56. The molecule has 0 atom stereocenters. The van der Waals surface area contributed by atoms with Crippen LogP contribution in [0.3, 0.4) is 0 Å². The van der Waals surface area contributed by atoms with Crippen LogP contribution in [0, 0.1) is 11.3 Å². The van der Waals surface area contributed by atoms with Crippen molar-refractivity contribution in [1.82, 2.24) is 0 Å². The zero-order chi connectivity index (χ0) is 15.2. The molecule has 4 heteroatoms. The summed E-state index contributed by atoms with van der Waals surface area (Å²) in [4.78, 5) is 12.3. The van der Waals surface area contributed by atoms with Gasteiger partial charge in [0, 0.05) is 21.8 Å². The van der Waals surface area contributed by atoms with Crippen molar-refractivity contribution in [3.05, 3.63) is 59.2 Å². The van der Waals surface area contributed by atoms with Crippen molar-refractivity contribution in [2.75, 3.05) is 7.11 Å². The number of benzene rings is 2. The van der Waals surface area contributed by atoms with Crippen LogP contribution in [-0.2, 0) is 5.75 Å². The maximum atomic E-state index is 11.2. The van der Waals surface area contributed by atoms with Gasteiger partial charge in [-0.05, 0) is 37.3 Å². The highest BCUT2D eigenvalue weighted by atomic mass is 32.2. The number of carbonyl (C=O) groups is 1. The predicted molar refractivity (Wildman–Crippen MR) is 83.7 cm³/mol. The van der Waals surface area contributed by atoms with Gasteiger partial charge < -0.3 is 4.74 Å². The summed E-state index contributed by atoms with van der Waals surface area (Å²) in [5, 5.41) is 8.96. The third-order valence-electron chi connectivity index (χ3n) is 3.06. The van der Waals surface area contributed by atoms with E-state index in [2.05, 4.69) is 6.07 Å². The molecule has 106 valence electrons. The smallest absolute Gasteiger partial charge is 0.159 e. The van der Waals surface area contributed by atoms with E-state index in [9.17, 15) is 4.79 Å². The molecule has 0 bridgehead atoms. The number of thioether (sulfide) groups is 1. The van der Waals surface area contributed by atoms with E-state index in [0.717, 1.165) is 16.2 Å². The number of hydrogen-bond donors (Lipinski definition) is 0. The topological polar surface area (TPSA) is 50.1 Å². The molecule has 0 unspecified atom stereocenters. The van der Waals surface area contributed by atoms with Gasteiger partial charge in [-0.25, -0.2) is 0 Å². The first kappa shape index (κ1) is 15.1. The van der Waals surface area contributed by atoms with Gasteiger partial charge in [0.2, 0.25) is 0 Å². The van der Waals surface area contributed by atoms with E-state index in [0.29, 0.717) is 16.9 Å². The zero-order valence-electron chi connectivity index (χ0n) is 11.9. The molecule has 2 aromatic rings. The van der Waals surface area contributed by atoms with E-state index in [1.54, 1.807) is 31.9 Å². The molecule has 2 rings (SSSR count). The molecule has 0 spiro atoms. The van der Waals surface area contributed by atoms with Crippen molar-refractivity contribution in [3.63, 3.8) is 0 Å². The maximum absolute atomic E-state index is 11.2. The molecule has 2 aromatic carbocycles. The van der Waals surface area contributed by atoms with Crippen LogP contribution in [0.1, 0.15) is 28.4 Å². The van der Waals surface area contributed by atoms with Gasteiger partial charge in [0.15, 0.2) is 5.78 Å². The van der Waals surface area contributed by atoms with Gasteiger partial charge in [0.1, 0.15) is 5.75 Å². The lowest BCUT2D eigenvalue weighted by Crippen LogP contribution is -1.92. The number of carbonyl (C=O) groups excluding carboxylic acids is 1. The molecule has 0 radical (unpaired) electrons. The second kappa shape index (κ2) is 6.96. The largest absolute Gasteiger partial charge is 0.496 e. The highest BCUT2D eigenvalue weighted by molar-refractivity contribution is 7.98. The first-order valence-corrected chi connectivity index (χ1v) is 7.43. The van der Waals surface area contributed by atoms with Crippen molar-refractivity contribution in [2.45, 2.75) is 17.6 Å². The average molecular weight is 297 g/mol. The summed E-state index contributed by atoms with van der Waals surface area (Å²) in [5.41, 5.74) is 2.32. The lowest BCUT2D eigenvalue weighted by atomic mass is 10.1. The molecular formula is C17H15NO2S. The van der Waals surface area contributed by atoms with Crippen LogP contribution in [-0.4, -0.2) is 12.9 Å². The van der Waals surface area contributed by atoms with Crippen LogP contribution in [0.2, 0.25) is 0 Å². The summed E-state index contributed by atoms with van der Waals surface area (Å²) >= 11 is 1.64. The summed E-state index contributed by atoms with van der Waals surface area (Å²) < 4.78 is 5.32. The Morgan fingerprint density at radius 1 is 1.24 bits per heavy atom. The minimum Gasteiger partial charge on any atom is -0.496 e. The van der Waals surface area contributed by atoms with Crippen LogP contribution >= 0.6 is 11.8 Å². The summed E-state index contributed by atoms with van der Waals surface area (Å²) in [6.45, 7) is 1.56. The fourth-order valence-corrected chi connectivity index (χ4v) is 2.78. The number of methoxy groups -OCH3 is 1. The molecule has 0 heterocycles. The lowest BCUT2D eigenvalue weighted by Gasteiger charge is -2.09. The molecular weight excluding hydrogens is 282 g/mol. The Morgan fingerprint density at radius 3 is 2.52 bits per heavy atom. The van der Waals surface area contributed by atoms with E-state index < -0.39 is 0 Å². The van der Waals surface area contributed by atoms with Crippen molar-refractivity contribution in [2.24, 2.45) is 0 Å². The Morgan fingerprint density at radius 2 is 1.95 bits per heavy atom. The molecule has 0 aliphatic heterocycles. The summed E-state index contributed by atoms with van der Waals surface area (Å²) in [6.07, 6.45) is 0. The summed E-state index contributed by atoms with van der Waals surface area (Å²) in [5.74, 6) is 1.55. The lowest BCUT2D eigenvalue weighted by molar-refractivity contribution is 0.101. The molecule has 0 amide bonds. The number of hydrogen-bond acceptors (Lipinski definition) is 4. The second-order valence-electron chi connectivity index (χ2n) is 4.51. The molecule has 0 N–H and O–H groups in total. The number of rotatable bonds is 5. The van der Waals surface area contributed by atoms with Gasteiger partial charge in [-0.15, -0.1) is 11.8 Å². The normalized spacial score (nSPS) is 9.95. The minimum atomic E-state index is 0.0648. The number of ketones is 1. The Labute approximate surface area is 128 Å². The molecule has 3 nitrogen and oxygen atoms in total. The monoisotopic (exact) mass is 297 g/mol. The average Bonchev–Trinajstić information content (AvgIpc) is 2.52. The van der Waals surface area contributed by atoms with E-state index in [1.165, 1.54) is 0 Å². The molecule has 21 heavy (non-hydrogen) atoms. The van der Waals surface area contributed by atoms with Gasteiger partial charge in [-0.2, -0.15) is 5.26 Å². The SMILES string of the molecule is COc1ccc(C#N)cc1CSc1ccc(C(C)=O)cc1. The van der Waals surface area contributed by atoms with Crippen molar-refractivity contribution >= 4 is 17.5 Å². The summed E-state index contributed by atoms with van der Waals surface area (Å²) in [6, 6.07) is 15.1. The van der Waals surface area contributed by atoms with Crippen LogP contribution < -0.4 is 4.74 Å². The van der Waals surface area contributed by atoms with Gasteiger partial charge in [0.25, 0.3) is 0 Å². The molecule has 0 aliphatic carbocycles. The Hall–Kier alpha value is -2.25. The van der Waals surface area contributed by atoms with E-state index >= 15 is 0 Å². The van der Waals surface area contributed by atoms with Crippen molar-refractivity contribution < 1.29 is 9.53 Å². The Balaban J connectivity index is 2.12. The number of Topliss-reactive ketones (excluding diaryl/α,β-unsaturated/α-hetero) is 1. The van der Waals surface area contributed by atoms with Gasteiger partial charge >= 0.3 is 0 Å². The minimum absolute atomic E-state index is 0.0648. The van der Waals surface area contributed by atoms with Crippen LogP contribution in [0.4, 0.5) is 0 Å². The highest BCUT2D eigenvalue weighted by Crippen LogP contribution is 2.29. The first-order chi connectivity index (χ1) is 10.1. The molecule has 0 aromatic heterocycles. The Kier molecular flexibility index (Phi) is 5.02. The third kappa shape index (κ3) is 3.87. The number of nitrogens with zero attached hydrogens (tertiary/aromatic N) is 1. The standard InChI is InChI=1S/C17H15NO2S/c1-12(19)14-4-6-16(7-5-14)21-11-15-9-13(10-18)3-8-17(15)20-2/h3-9H,11H2,1-2H3. The van der Waals surface area contributed by atoms with Crippen molar-refractivity contribution in [1.29, 1.82) is 5.26 Å². The summed E-state index contributed by atoms with van der Waals surface area (Å²) in [7, 11) is 1.62. The highest BCUT2D eigenvalue weighted by Gasteiger charge is 2.06. The number of nitriles is 1. The number of ether oxygens (including phenoxy) is 1. The van der Waals surface area contributed by atoms with Gasteiger partial charge in [0.05, 0.1) is 18.7 Å². The Bertz CT molecular complexity index is 687. The van der Waals surface area contributed by atoms with E-state index in [-0.39, 0.29) is 5.78 Å². The maximum Gasteiger partial charge on any atom is 0.159 e.